The van der Waals surface area contributed by atoms with E-state index in [0.29, 0.717) is 16.9 Å². The number of piperidine rings is 1. The second-order valence-electron chi connectivity index (χ2n) is 5.66. The number of nitrogens with zero attached hydrogens (tertiary/aromatic N) is 1. The molecule has 0 aliphatic carbocycles. The minimum atomic E-state index is 0.0497. The first kappa shape index (κ1) is 12.5. The van der Waals surface area contributed by atoms with Gasteiger partial charge in [-0.3, -0.25) is 4.79 Å². The van der Waals surface area contributed by atoms with Crippen molar-refractivity contribution < 1.29 is 4.42 Å². The monoisotopic (exact) mass is 279 g/mol. The molecule has 0 saturated carbocycles. The van der Waals surface area contributed by atoms with Crippen molar-refractivity contribution in [2.24, 2.45) is 0 Å². The van der Waals surface area contributed by atoms with Crippen LogP contribution in [0.4, 0.5) is 5.88 Å². The predicted molar refractivity (Wildman–Crippen MR) is 86.1 cm³/mol. The van der Waals surface area contributed by atoms with Crippen LogP contribution in [0, 0.1) is 0 Å². The highest BCUT2D eigenvalue weighted by molar-refractivity contribution is 6.05. The molecule has 2 aromatic carbocycles. The Morgan fingerprint density at radius 1 is 0.952 bits per heavy atom. The molecule has 4 rings (SSSR count). The van der Waals surface area contributed by atoms with Gasteiger partial charge in [-0.05, 0) is 36.1 Å². The Balaban J connectivity index is 1.94. The Kier molecular flexibility index (Phi) is 2.92. The molecule has 2 heterocycles. The van der Waals surface area contributed by atoms with Crippen molar-refractivity contribution in [3.8, 4) is 0 Å². The molecule has 1 aliphatic heterocycles. The van der Waals surface area contributed by atoms with Crippen LogP contribution < -0.4 is 10.3 Å². The second kappa shape index (κ2) is 4.92. The largest absolute Gasteiger partial charge is 0.440 e. The molecule has 106 valence electrons. The Hall–Kier alpha value is -2.29. The van der Waals surface area contributed by atoms with E-state index in [2.05, 4.69) is 4.90 Å². The normalized spacial score (nSPS) is 15.7. The van der Waals surface area contributed by atoms with Crippen LogP contribution in [-0.4, -0.2) is 13.1 Å². The number of fused-ring (bicyclic) bond motifs is 3. The van der Waals surface area contributed by atoms with Gasteiger partial charge in [-0.2, -0.15) is 0 Å². The highest BCUT2D eigenvalue weighted by Gasteiger charge is 2.15. The molecule has 3 aromatic rings. The van der Waals surface area contributed by atoms with E-state index in [-0.39, 0.29) is 5.43 Å². The molecule has 3 heteroatoms. The summed E-state index contributed by atoms with van der Waals surface area (Å²) in [5.74, 6) is 0.711. The smallest absolute Gasteiger partial charge is 0.199 e. The first-order chi connectivity index (χ1) is 10.3. The van der Waals surface area contributed by atoms with E-state index < -0.39 is 0 Å². The molecule has 1 aromatic heterocycles. The summed E-state index contributed by atoms with van der Waals surface area (Å²) in [6.07, 6.45) is 3.60. The van der Waals surface area contributed by atoms with Crippen molar-refractivity contribution in [2.75, 3.05) is 18.0 Å². The van der Waals surface area contributed by atoms with Crippen molar-refractivity contribution in [1.82, 2.24) is 0 Å². The van der Waals surface area contributed by atoms with Crippen molar-refractivity contribution >= 4 is 27.6 Å². The molecule has 0 bridgehead atoms. The molecule has 0 atom stereocenters. The molecule has 3 nitrogen and oxygen atoms in total. The summed E-state index contributed by atoms with van der Waals surface area (Å²) in [5.41, 5.74) is 0.732. The van der Waals surface area contributed by atoms with E-state index in [1.165, 1.54) is 19.3 Å². The second-order valence-corrected chi connectivity index (χ2v) is 5.66. The van der Waals surface area contributed by atoms with Gasteiger partial charge in [-0.25, -0.2) is 0 Å². The number of hydrogen-bond donors (Lipinski definition) is 0. The summed E-state index contributed by atoms with van der Waals surface area (Å²) in [7, 11) is 0. The summed E-state index contributed by atoms with van der Waals surface area (Å²) in [6.45, 7) is 1.95. The molecule has 0 unspecified atom stereocenters. The van der Waals surface area contributed by atoms with Crippen LogP contribution in [0.25, 0.3) is 21.7 Å². The lowest BCUT2D eigenvalue weighted by atomic mass is 10.1. The van der Waals surface area contributed by atoms with Gasteiger partial charge in [0.15, 0.2) is 11.3 Å². The SMILES string of the molecule is O=c1cc(N2CCCCC2)oc2ccc3ccccc3c12. The first-order valence-corrected chi connectivity index (χ1v) is 7.53. The number of anilines is 1. The highest BCUT2D eigenvalue weighted by atomic mass is 16.4. The standard InChI is InChI=1S/C18H17NO2/c20-15-12-17(19-10-4-1-5-11-19)21-16-9-8-13-6-2-3-7-14(13)18(15)16/h2-3,6-9,12H,1,4-5,10-11H2. The Morgan fingerprint density at radius 3 is 2.62 bits per heavy atom. The Bertz CT molecular complexity index is 860. The van der Waals surface area contributed by atoms with Gasteiger partial charge in [-0.15, -0.1) is 0 Å². The minimum absolute atomic E-state index is 0.0497. The number of rotatable bonds is 1. The molecular weight excluding hydrogens is 262 g/mol. The Morgan fingerprint density at radius 2 is 1.76 bits per heavy atom. The average molecular weight is 279 g/mol. The quantitative estimate of drug-likeness (QED) is 0.633. The van der Waals surface area contributed by atoms with Gasteiger partial charge in [0.05, 0.1) is 5.39 Å². The molecular formula is C18H17NO2. The minimum Gasteiger partial charge on any atom is -0.440 e. The topological polar surface area (TPSA) is 33.5 Å². The molecule has 21 heavy (non-hydrogen) atoms. The van der Waals surface area contributed by atoms with E-state index in [0.717, 1.165) is 23.9 Å². The van der Waals surface area contributed by atoms with E-state index in [9.17, 15) is 4.79 Å². The molecule has 1 saturated heterocycles. The zero-order chi connectivity index (χ0) is 14.2. The predicted octanol–water partition coefficient (Wildman–Crippen LogP) is 3.94. The maximum absolute atomic E-state index is 12.6. The van der Waals surface area contributed by atoms with Crippen molar-refractivity contribution in [3.05, 3.63) is 52.7 Å². The van der Waals surface area contributed by atoms with Crippen LogP contribution >= 0.6 is 0 Å². The van der Waals surface area contributed by atoms with Crippen molar-refractivity contribution in [2.45, 2.75) is 19.3 Å². The van der Waals surface area contributed by atoms with Gasteiger partial charge in [0.1, 0.15) is 5.58 Å². The van der Waals surface area contributed by atoms with Crippen LogP contribution in [-0.2, 0) is 0 Å². The maximum Gasteiger partial charge on any atom is 0.199 e. The first-order valence-electron chi connectivity index (χ1n) is 7.53. The van der Waals surface area contributed by atoms with Crippen molar-refractivity contribution in [3.63, 3.8) is 0 Å². The van der Waals surface area contributed by atoms with E-state index in [1.807, 2.05) is 36.4 Å². The summed E-state index contributed by atoms with van der Waals surface area (Å²) in [4.78, 5) is 14.7. The van der Waals surface area contributed by atoms with Crippen LogP contribution in [0.5, 0.6) is 0 Å². The highest BCUT2D eigenvalue weighted by Crippen LogP contribution is 2.27. The third kappa shape index (κ3) is 2.09. The van der Waals surface area contributed by atoms with Crippen molar-refractivity contribution in [1.29, 1.82) is 0 Å². The molecule has 0 radical (unpaired) electrons. The van der Waals surface area contributed by atoms with Crippen LogP contribution in [0.3, 0.4) is 0 Å². The van der Waals surface area contributed by atoms with Gasteiger partial charge in [0.25, 0.3) is 0 Å². The lowest BCUT2D eigenvalue weighted by Crippen LogP contribution is -2.30. The summed E-state index contributed by atoms with van der Waals surface area (Å²) < 4.78 is 6.02. The van der Waals surface area contributed by atoms with Gasteiger partial charge < -0.3 is 9.32 Å². The third-order valence-electron chi connectivity index (χ3n) is 4.27. The summed E-state index contributed by atoms with van der Waals surface area (Å²) in [6, 6.07) is 13.5. The molecule has 1 aliphatic rings. The van der Waals surface area contributed by atoms with E-state index in [4.69, 9.17) is 4.42 Å². The summed E-state index contributed by atoms with van der Waals surface area (Å²) in [5, 5.41) is 2.73. The molecule has 0 amide bonds. The maximum atomic E-state index is 12.6. The van der Waals surface area contributed by atoms with Gasteiger partial charge in [0, 0.05) is 19.2 Å². The van der Waals surface area contributed by atoms with Crippen LogP contribution in [0.2, 0.25) is 0 Å². The fourth-order valence-electron chi connectivity index (χ4n) is 3.19. The lowest BCUT2D eigenvalue weighted by Gasteiger charge is -2.27. The molecule has 1 fully saturated rings. The zero-order valence-corrected chi connectivity index (χ0v) is 11.8. The number of hydrogen-bond acceptors (Lipinski definition) is 3. The van der Waals surface area contributed by atoms with Crippen LogP contribution in [0.15, 0.2) is 51.7 Å². The molecule has 0 N–H and O–H groups in total. The van der Waals surface area contributed by atoms with Gasteiger partial charge in [0.2, 0.25) is 0 Å². The number of benzene rings is 2. The summed E-state index contributed by atoms with van der Waals surface area (Å²) >= 11 is 0. The van der Waals surface area contributed by atoms with Gasteiger partial charge in [-0.1, -0.05) is 30.3 Å². The van der Waals surface area contributed by atoms with Crippen LogP contribution in [0.1, 0.15) is 19.3 Å². The zero-order valence-electron chi connectivity index (χ0n) is 11.8. The fourth-order valence-corrected chi connectivity index (χ4v) is 3.19. The average Bonchev–Trinajstić information content (AvgIpc) is 2.55. The molecule has 0 spiro atoms. The van der Waals surface area contributed by atoms with E-state index in [1.54, 1.807) is 6.07 Å². The third-order valence-corrected chi connectivity index (χ3v) is 4.27. The van der Waals surface area contributed by atoms with E-state index >= 15 is 0 Å². The van der Waals surface area contributed by atoms with Gasteiger partial charge >= 0.3 is 0 Å². The lowest BCUT2D eigenvalue weighted by molar-refractivity contribution is 0.513. The Labute approximate surface area is 122 Å². The fraction of sp³-hybridized carbons (Fsp3) is 0.278.